The number of aryl methyl sites for hydroxylation is 1. The van der Waals surface area contributed by atoms with Gasteiger partial charge in [-0.2, -0.15) is 0 Å². The minimum Gasteiger partial charge on any atom is -0.342 e. The van der Waals surface area contributed by atoms with Crippen molar-refractivity contribution in [3.8, 4) is 0 Å². The molecule has 1 fully saturated rings. The Morgan fingerprint density at radius 3 is 2.68 bits per heavy atom. The number of fused-ring (bicyclic) bond motifs is 1. The van der Waals surface area contributed by atoms with E-state index in [1.165, 1.54) is 0 Å². The van der Waals surface area contributed by atoms with Crippen LogP contribution < -0.4 is 5.69 Å². The molecule has 1 aliphatic rings. The van der Waals surface area contributed by atoms with Crippen LogP contribution in [0.25, 0.3) is 11.2 Å². The van der Waals surface area contributed by atoms with E-state index in [0.29, 0.717) is 18.2 Å². The molecule has 0 radical (unpaired) electrons. The smallest absolute Gasteiger partial charge is 0.330 e. The molecular formula is C20H23N5O2S. The molecule has 1 amide bonds. The largest absolute Gasteiger partial charge is 0.342 e. The Bertz CT molecular complexity index is 1020. The fraction of sp³-hybridized carbons (Fsp3) is 0.400. The first-order valence-electron chi connectivity index (χ1n) is 9.44. The number of hydrogen-bond acceptors (Lipinski definition) is 5. The number of nitrogens with zero attached hydrogens (tertiary/aromatic N) is 5. The zero-order valence-corrected chi connectivity index (χ0v) is 16.6. The second kappa shape index (κ2) is 8.18. The molecule has 0 saturated carbocycles. The normalized spacial score (nSPS) is 15.2. The number of aromatic nitrogens is 4. The number of imidazole rings is 1. The van der Waals surface area contributed by atoms with E-state index in [1.54, 1.807) is 46.5 Å². The molecular weight excluding hydrogens is 374 g/mol. The number of pyridine rings is 2. The monoisotopic (exact) mass is 397 g/mol. The lowest BCUT2D eigenvalue weighted by molar-refractivity contribution is -0.129. The van der Waals surface area contributed by atoms with Gasteiger partial charge < -0.3 is 4.90 Å². The summed E-state index contributed by atoms with van der Waals surface area (Å²) in [6.07, 6.45) is 7.01. The second-order valence-electron chi connectivity index (χ2n) is 7.09. The van der Waals surface area contributed by atoms with Gasteiger partial charge in [-0.3, -0.25) is 18.9 Å². The van der Waals surface area contributed by atoms with E-state index in [0.717, 1.165) is 42.0 Å². The third kappa shape index (κ3) is 3.82. The Hall–Kier alpha value is -2.61. The van der Waals surface area contributed by atoms with Crippen LogP contribution in [0.15, 0.2) is 52.5 Å². The Labute approximate surface area is 167 Å². The molecule has 4 rings (SSSR count). The van der Waals surface area contributed by atoms with Gasteiger partial charge >= 0.3 is 5.69 Å². The van der Waals surface area contributed by atoms with Crippen molar-refractivity contribution in [2.75, 3.05) is 18.8 Å². The molecule has 146 valence electrons. The number of carbonyl (C=O) groups is 1. The number of hydrogen-bond donors (Lipinski definition) is 0. The number of rotatable bonds is 5. The molecule has 0 atom stereocenters. The molecule has 3 aromatic rings. The predicted octanol–water partition coefficient (Wildman–Crippen LogP) is 2.16. The van der Waals surface area contributed by atoms with E-state index in [-0.39, 0.29) is 11.6 Å². The number of carbonyl (C=O) groups excluding carboxylic acids is 1. The second-order valence-corrected chi connectivity index (χ2v) is 8.14. The molecule has 1 aliphatic heterocycles. The van der Waals surface area contributed by atoms with Gasteiger partial charge in [0, 0.05) is 50.2 Å². The van der Waals surface area contributed by atoms with Crippen molar-refractivity contribution in [3.63, 3.8) is 0 Å². The molecule has 0 bridgehead atoms. The predicted molar refractivity (Wildman–Crippen MR) is 109 cm³/mol. The zero-order valence-electron chi connectivity index (χ0n) is 15.8. The van der Waals surface area contributed by atoms with Crippen LogP contribution in [0.5, 0.6) is 0 Å². The molecule has 28 heavy (non-hydrogen) atoms. The summed E-state index contributed by atoms with van der Waals surface area (Å²) in [7, 11) is 1.78. The van der Waals surface area contributed by atoms with E-state index in [2.05, 4.69) is 9.97 Å². The minimum absolute atomic E-state index is 0.0269. The summed E-state index contributed by atoms with van der Waals surface area (Å²) in [5, 5.41) is 0. The highest BCUT2D eigenvalue weighted by atomic mass is 32.2. The van der Waals surface area contributed by atoms with Crippen LogP contribution in [0.2, 0.25) is 0 Å². The first-order valence-corrected chi connectivity index (χ1v) is 10.4. The highest BCUT2D eigenvalue weighted by molar-refractivity contribution is 8.00. The summed E-state index contributed by atoms with van der Waals surface area (Å²) in [5.74, 6) is 0.993. The molecule has 0 unspecified atom stereocenters. The maximum atomic E-state index is 12.6. The van der Waals surface area contributed by atoms with Crippen LogP contribution in [-0.4, -0.2) is 48.8 Å². The van der Waals surface area contributed by atoms with Gasteiger partial charge in [-0.1, -0.05) is 0 Å². The average Bonchev–Trinajstić information content (AvgIpc) is 2.98. The van der Waals surface area contributed by atoms with Crippen molar-refractivity contribution in [2.24, 2.45) is 13.0 Å². The van der Waals surface area contributed by atoms with Gasteiger partial charge in [0.25, 0.3) is 0 Å². The lowest BCUT2D eigenvalue weighted by atomic mass is 9.96. The summed E-state index contributed by atoms with van der Waals surface area (Å²) in [6, 6.07) is 7.60. The van der Waals surface area contributed by atoms with Gasteiger partial charge in [0.2, 0.25) is 5.91 Å². The third-order valence-corrected chi connectivity index (χ3v) is 6.32. The van der Waals surface area contributed by atoms with E-state index < -0.39 is 0 Å². The van der Waals surface area contributed by atoms with Crippen molar-refractivity contribution in [1.29, 1.82) is 0 Å². The lowest BCUT2D eigenvalue weighted by Gasteiger charge is -2.32. The van der Waals surface area contributed by atoms with Crippen LogP contribution in [0.3, 0.4) is 0 Å². The van der Waals surface area contributed by atoms with E-state index in [9.17, 15) is 9.59 Å². The standard InChI is InChI=1S/C20H23N5O2S/c1-23-17-3-2-8-22-19(17)25(20(23)27)13-15-6-11-24(12-7-15)18(26)14-28-16-4-9-21-10-5-16/h2-5,8-10,15H,6-7,11-14H2,1H3. The van der Waals surface area contributed by atoms with Gasteiger partial charge in [0.1, 0.15) is 0 Å². The lowest BCUT2D eigenvalue weighted by Crippen LogP contribution is -2.40. The van der Waals surface area contributed by atoms with Crippen molar-refractivity contribution in [1.82, 2.24) is 24.0 Å². The Morgan fingerprint density at radius 1 is 1.18 bits per heavy atom. The number of thioether (sulfide) groups is 1. The van der Waals surface area contributed by atoms with Gasteiger partial charge in [-0.25, -0.2) is 9.78 Å². The quantitative estimate of drug-likeness (QED) is 0.617. The number of amides is 1. The summed E-state index contributed by atoms with van der Waals surface area (Å²) >= 11 is 1.54. The van der Waals surface area contributed by atoms with Crippen molar-refractivity contribution < 1.29 is 4.79 Å². The topological polar surface area (TPSA) is 73.0 Å². The SMILES string of the molecule is Cn1c(=O)n(CC2CCN(C(=O)CSc3ccncc3)CC2)c2ncccc21. The molecule has 7 nitrogen and oxygen atoms in total. The van der Waals surface area contributed by atoms with Crippen LogP contribution in [0.1, 0.15) is 12.8 Å². The summed E-state index contributed by atoms with van der Waals surface area (Å²) in [5.41, 5.74) is 1.57. The fourth-order valence-electron chi connectivity index (χ4n) is 3.69. The molecule has 0 spiro atoms. The molecule has 8 heteroatoms. The van der Waals surface area contributed by atoms with E-state index >= 15 is 0 Å². The minimum atomic E-state index is -0.0269. The number of likely N-dealkylation sites (tertiary alicyclic amines) is 1. The van der Waals surface area contributed by atoms with Crippen LogP contribution >= 0.6 is 11.8 Å². The highest BCUT2D eigenvalue weighted by Crippen LogP contribution is 2.22. The summed E-state index contributed by atoms with van der Waals surface area (Å²) < 4.78 is 3.42. The van der Waals surface area contributed by atoms with Gasteiger partial charge in [0.05, 0.1) is 11.3 Å². The van der Waals surface area contributed by atoms with E-state index in [1.807, 2.05) is 29.2 Å². The van der Waals surface area contributed by atoms with Crippen molar-refractivity contribution in [2.45, 2.75) is 24.3 Å². The average molecular weight is 398 g/mol. The first kappa shape index (κ1) is 18.7. The first-order chi connectivity index (χ1) is 13.6. The highest BCUT2D eigenvalue weighted by Gasteiger charge is 2.24. The molecule has 1 saturated heterocycles. The molecule has 0 aliphatic carbocycles. The molecule has 4 heterocycles. The maximum absolute atomic E-state index is 12.6. The fourth-order valence-corrected chi connectivity index (χ4v) is 4.48. The molecule has 3 aromatic heterocycles. The van der Waals surface area contributed by atoms with Crippen molar-refractivity contribution in [3.05, 3.63) is 53.3 Å². The van der Waals surface area contributed by atoms with Gasteiger partial charge in [-0.15, -0.1) is 11.8 Å². The number of piperidine rings is 1. The third-order valence-electron chi connectivity index (χ3n) is 5.32. The Balaban J connectivity index is 1.34. The van der Waals surface area contributed by atoms with Crippen LogP contribution in [-0.2, 0) is 18.4 Å². The van der Waals surface area contributed by atoms with Gasteiger partial charge in [-0.05, 0) is 43.0 Å². The molecule has 0 N–H and O–H groups in total. The van der Waals surface area contributed by atoms with Crippen LogP contribution in [0, 0.1) is 5.92 Å². The Morgan fingerprint density at radius 2 is 1.93 bits per heavy atom. The van der Waals surface area contributed by atoms with Crippen LogP contribution in [0.4, 0.5) is 0 Å². The Kier molecular flexibility index (Phi) is 5.47. The summed E-state index contributed by atoms with van der Waals surface area (Å²) in [4.78, 5) is 36.4. The maximum Gasteiger partial charge on any atom is 0.330 e. The van der Waals surface area contributed by atoms with E-state index in [4.69, 9.17) is 0 Å². The van der Waals surface area contributed by atoms with Crippen molar-refractivity contribution >= 4 is 28.8 Å². The summed E-state index contributed by atoms with van der Waals surface area (Å²) in [6.45, 7) is 2.14. The zero-order chi connectivity index (χ0) is 19.5. The molecule has 0 aromatic carbocycles. The van der Waals surface area contributed by atoms with Gasteiger partial charge in [0.15, 0.2) is 5.65 Å².